The molecular formula is C32H34FN3O3. The summed E-state index contributed by atoms with van der Waals surface area (Å²) in [5.74, 6) is -0.204. The summed E-state index contributed by atoms with van der Waals surface area (Å²) in [6, 6.07) is 18.1. The van der Waals surface area contributed by atoms with Crippen LogP contribution in [0.5, 0.6) is 5.75 Å². The first kappa shape index (κ1) is 27.9. The first-order valence-electron chi connectivity index (χ1n) is 13.0. The van der Waals surface area contributed by atoms with Gasteiger partial charge in [-0.15, -0.1) is 0 Å². The van der Waals surface area contributed by atoms with Crippen LogP contribution in [-0.4, -0.2) is 26.3 Å². The number of pyridine rings is 1. The molecule has 0 aliphatic heterocycles. The molecule has 0 spiro atoms. The van der Waals surface area contributed by atoms with Crippen molar-refractivity contribution < 1.29 is 18.7 Å². The van der Waals surface area contributed by atoms with E-state index < -0.39 is 5.82 Å². The molecule has 0 aliphatic carbocycles. The quantitative estimate of drug-likeness (QED) is 0.250. The van der Waals surface area contributed by atoms with Gasteiger partial charge in [0.1, 0.15) is 29.7 Å². The second-order valence-electron chi connectivity index (χ2n) is 11.0. The van der Waals surface area contributed by atoms with Crippen LogP contribution in [0.3, 0.4) is 0 Å². The van der Waals surface area contributed by atoms with Crippen LogP contribution < -0.4 is 4.74 Å². The maximum atomic E-state index is 14.9. The molecule has 202 valence electrons. The van der Waals surface area contributed by atoms with Gasteiger partial charge in [-0.2, -0.15) is 5.10 Å². The Hall–Kier alpha value is -4.13. The number of Topliss-reactive ketones (excluding diaryl/α,β-unsaturated/α-hetero) is 2. The highest BCUT2D eigenvalue weighted by Crippen LogP contribution is 2.25. The van der Waals surface area contributed by atoms with Crippen molar-refractivity contribution in [2.45, 2.75) is 65.9 Å². The van der Waals surface area contributed by atoms with E-state index in [0.717, 1.165) is 28.2 Å². The minimum Gasteiger partial charge on any atom is -0.489 e. The van der Waals surface area contributed by atoms with Gasteiger partial charge in [0.25, 0.3) is 0 Å². The maximum Gasteiger partial charge on any atom is 0.143 e. The molecule has 0 bridgehead atoms. The number of ketones is 2. The Bertz CT molecular complexity index is 1480. The minimum atomic E-state index is -0.490. The second kappa shape index (κ2) is 11.7. The van der Waals surface area contributed by atoms with Gasteiger partial charge in [-0.3, -0.25) is 14.6 Å². The third-order valence-electron chi connectivity index (χ3n) is 6.34. The summed E-state index contributed by atoms with van der Waals surface area (Å²) in [4.78, 5) is 28.6. The SMILES string of the molecule is CC(=O)Cc1cc(COc2ccc(CC(=O)Cc3cc(C(C)(C)C)nn3-c3ccc(C)cc3)c(F)c2)ccn1. The number of ether oxygens (including phenoxy) is 1. The van der Waals surface area contributed by atoms with Gasteiger partial charge in [0.15, 0.2) is 0 Å². The van der Waals surface area contributed by atoms with E-state index in [4.69, 9.17) is 9.84 Å². The zero-order valence-corrected chi connectivity index (χ0v) is 23.1. The van der Waals surface area contributed by atoms with Crippen molar-refractivity contribution in [3.05, 3.63) is 106 Å². The van der Waals surface area contributed by atoms with Gasteiger partial charge < -0.3 is 4.74 Å². The molecule has 6 nitrogen and oxygen atoms in total. The van der Waals surface area contributed by atoms with Gasteiger partial charge in [-0.25, -0.2) is 9.07 Å². The van der Waals surface area contributed by atoms with Crippen LogP contribution in [0.15, 0.2) is 66.9 Å². The molecule has 0 aliphatic rings. The lowest BCUT2D eigenvalue weighted by Crippen LogP contribution is -2.13. The van der Waals surface area contributed by atoms with Crippen molar-refractivity contribution in [3.8, 4) is 11.4 Å². The van der Waals surface area contributed by atoms with Crippen LogP contribution in [-0.2, 0) is 40.9 Å². The average Bonchev–Trinajstić information content (AvgIpc) is 3.29. The van der Waals surface area contributed by atoms with E-state index in [-0.39, 0.29) is 42.9 Å². The van der Waals surface area contributed by atoms with Crippen molar-refractivity contribution in [2.24, 2.45) is 0 Å². The Morgan fingerprint density at radius 3 is 2.36 bits per heavy atom. The third kappa shape index (κ3) is 7.47. The number of halogens is 1. The number of carbonyl (C=O) groups is 2. The molecule has 4 rings (SSSR count). The molecule has 0 radical (unpaired) electrons. The lowest BCUT2D eigenvalue weighted by Gasteiger charge is -2.14. The Labute approximate surface area is 228 Å². The van der Waals surface area contributed by atoms with Crippen LogP contribution in [0.2, 0.25) is 0 Å². The van der Waals surface area contributed by atoms with Crippen molar-refractivity contribution >= 4 is 11.6 Å². The summed E-state index contributed by atoms with van der Waals surface area (Å²) in [6.45, 7) is 10.00. The second-order valence-corrected chi connectivity index (χ2v) is 11.0. The third-order valence-corrected chi connectivity index (χ3v) is 6.34. The first-order valence-corrected chi connectivity index (χ1v) is 13.0. The predicted octanol–water partition coefficient (Wildman–Crippen LogP) is 6.08. The van der Waals surface area contributed by atoms with Crippen LogP contribution in [0.4, 0.5) is 4.39 Å². The van der Waals surface area contributed by atoms with E-state index in [1.807, 2.05) is 41.9 Å². The molecule has 0 saturated heterocycles. The molecular weight excluding hydrogens is 493 g/mol. The molecule has 0 amide bonds. The van der Waals surface area contributed by atoms with Gasteiger partial charge in [0.05, 0.1) is 17.1 Å². The number of carbonyl (C=O) groups excluding carboxylic acids is 2. The van der Waals surface area contributed by atoms with Crippen LogP contribution >= 0.6 is 0 Å². The maximum absolute atomic E-state index is 14.9. The first-order chi connectivity index (χ1) is 18.5. The lowest BCUT2D eigenvalue weighted by atomic mass is 9.92. The number of aryl methyl sites for hydroxylation is 1. The van der Waals surface area contributed by atoms with Crippen molar-refractivity contribution in [3.63, 3.8) is 0 Å². The summed E-state index contributed by atoms with van der Waals surface area (Å²) in [6.07, 6.45) is 1.99. The van der Waals surface area contributed by atoms with Crippen LogP contribution in [0.1, 0.15) is 61.5 Å². The number of aromatic nitrogens is 3. The number of rotatable bonds is 10. The van der Waals surface area contributed by atoms with Crippen molar-refractivity contribution in [1.29, 1.82) is 0 Å². The fourth-order valence-electron chi connectivity index (χ4n) is 4.20. The predicted molar refractivity (Wildman–Crippen MR) is 149 cm³/mol. The summed E-state index contributed by atoms with van der Waals surface area (Å²) in [5, 5.41) is 4.79. The fourth-order valence-corrected chi connectivity index (χ4v) is 4.20. The summed E-state index contributed by atoms with van der Waals surface area (Å²) >= 11 is 0. The van der Waals surface area contributed by atoms with Gasteiger partial charge in [-0.1, -0.05) is 44.5 Å². The zero-order valence-electron chi connectivity index (χ0n) is 23.1. The number of benzene rings is 2. The largest absolute Gasteiger partial charge is 0.489 e. The van der Waals surface area contributed by atoms with Crippen LogP contribution in [0, 0.1) is 12.7 Å². The van der Waals surface area contributed by atoms with Crippen LogP contribution in [0.25, 0.3) is 5.69 Å². The molecule has 0 N–H and O–H groups in total. The smallest absolute Gasteiger partial charge is 0.143 e. The molecule has 2 heterocycles. The molecule has 0 unspecified atom stereocenters. The molecule has 2 aromatic heterocycles. The van der Waals surface area contributed by atoms with Gasteiger partial charge in [0, 0.05) is 42.6 Å². The molecule has 0 saturated carbocycles. The highest BCUT2D eigenvalue weighted by Gasteiger charge is 2.22. The lowest BCUT2D eigenvalue weighted by molar-refractivity contribution is -0.118. The number of nitrogens with zero attached hydrogens (tertiary/aromatic N) is 3. The fraction of sp³-hybridized carbons (Fsp3) is 0.312. The summed E-state index contributed by atoms with van der Waals surface area (Å²) in [7, 11) is 0. The number of hydrogen-bond donors (Lipinski definition) is 0. The van der Waals surface area contributed by atoms with E-state index in [2.05, 4.69) is 25.8 Å². The van der Waals surface area contributed by atoms with Crippen molar-refractivity contribution in [1.82, 2.24) is 14.8 Å². The minimum absolute atomic E-state index is 0.0297. The molecule has 7 heteroatoms. The Morgan fingerprint density at radius 2 is 1.69 bits per heavy atom. The van der Waals surface area contributed by atoms with Crippen molar-refractivity contribution in [2.75, 3.05) is 0 Å². The Kier molecular flexibility index (Phi) is 8.38. The monoisotopic (exact) mass is 527 g/mol. The molecule has 4 aromatic rings. The van der Waals surface area contributed by atoms with E-state index in [9.17, 15) is 14.0 Å². The topological polar surface area (TPSA) is 74.1 Å². The highest BCUT2D eigenvalue weighted by molar-refractivity contribution is 5.83. The van der Waals surface area contributed by atoms with Gasteiger partial charge in [-0.05, 0) is 61.4 Å². The molecule has 0 atom stereocenters. The zero-order chi connectivity index (χ0) is 28.2. The van der Waals surface area contributed by atoms with Gasteiger partial charge >= 0.3 is 0 Å². The molecule has 39 heavy (non-hydrogen) atoms. The van der Waals surface area contributed by atoms with E-state index in [1.165, 1.54) is 13.0 Å². The molecule has 2 aromatic carbocycles. The van der Waals surface area contributed by atoms with Gasteiger partial charge in [0.2, 0.25) is 0 Å². The van der Waals surface area contributed by atoms with E-state index >= 15 is 0 Å². The Morgan fingerprint density at radius 1 is 0.949 bits per heavy atom. The van der Waals surface area contributed by atoms with E-state index in [0.29, 0.717) is 17.0 Å². The normalized spacial score (nSPS) is 11.4. The average molecular weight is 528 g/mol. The summed E-state index contributed by atoms with van der Waals surface area (Å²) < 4.78 is 22.5. The molecule has 0 fully saturated rings. The Balaban J connectivity index is 1.44. The summed E-state index contributed by atoms with van der Waals surface area (Å²) in [5.41, 5.74) is 5.33. The number of hydrogen-bond acceptors (Lipinski definition) is 5. The van der Waals surface area contributed by atoms with E-state index in [1.54, 1.807) is 30.5 Å². The highest BCUT2D eigenvalue weighted by atomic mass is 19.1. The standard InChI is InChI=1S/C32H34FN3O3/c1-21-6-9-26(10-7-21)36-27(18-31(35-36)32(3,4)5)17-28(38)16-24-8-11-29(19-30(24)33)39-20-23-12-13-34-25(15-23)14-22(2)37/h6-13,15,18-19H,14,16-17,20H2,1-5H3.